The highest BCUT2D eigenvalue weighted by molar-refractivity contribution is 6.30. The molecule has 0 aliphatic carbocycles. The highest BCUT2D eigenvalue weighted by Gasteiger charge is 2.41. The van der Waals surface area contributed by atoms with Crippen molar-refractivity contribution >= 4 is 11.6 Å². The van der Waals surface area contributed by atoms with Gasteiger partial charge in [0.2, 0.25) is 5.79 Å². The normalized spacial score (nSPS) is 17.1. The molecule has 20 heavy (non-hydrogen) atoms. The molecule has 1 aliphatic heterocycles. The van der Waals surface area contributed by atoms with Crippen LogP contribution < -0.4 is 4.74 Å². The second-order valence-electron chi connectivity index (χ2n) is 4.56. The van der Waals surface area contributed by atoms with Crippen LogP contribution in [0.3, 0.4) is 0 Å². The van der Waals surface area contributed by atoms with Crippen LogP contribution in [0.5, 0.6) is 5.75 Å². The predicted molar refractivity (Wildman–Crippen MR) is 77.1 cm³/mol. The number of methoxy groups -OCH3 is 1. The van der Waals surface area contributed by atoms with Crippen molar-refractivity contribution < 1.29 is 14.2 Å². The Morgan fingerprint density at radius 2 is 1.65 bits per heavy atom. The van der Waals surface area contributed by atoms with Gasteiger partial charge in [-0.15, -0.1) is 0 Å². The molecule has 0 radical (unpaired) electrons. The van der Waals surface area contributed by atoms with E-state index >= 15 is 0 Å². The summed E-state index contributed by atoms with van der Waals surface area (Å²) in [7, 11) is 1.64. The Labute approximate surface area is 123 Å². The standard InChI is InChI=1S/C16H15ClO3/c1-18-15-7-3-5-13(11-15)16(19-8-9-20-16)12-4-2-6-14(17)10-12/h2-7,10-11H,8-9H2,1H3. The lowest BCUT2D eigenvalue weighted by Crippen LogP contribution is -2.28. The first-order valence-corrected chi connectivity index (χ1v) is 6.81. The zero-order chi connectivity index (χ0) is 14.0. The van der Waals surface area contributed by atoms with Gasteiger partial charge in [-0.25, -0.2) is 0 Å². The largest absolute Gasteiger partial charge is 0.497 e. The Kier molecular flexibility index (Phi) is 3.66. The molecule has 0 saturated carbocycles. The van der Waals surface area contributed by atoms with Crippen LogP contribution in [0.1, 0.15) is 11.1 Å². The summed E-state index contributed by atoms with van der Waals surface area (Å²) >= 11 is 6.10. The highest BCUT2D eigenvalue weighted by atomic mass is 35.5. The summed E-state index contributed by atoms with van der Waals surface area (Å²) in [6.45, 7) is 1.09. The Balaban J connectivity index is 2.12. The topological polar surface area (TPSA) is 27.7 Å². The summed E-state index contributed by atoms with van der Waals surface area (Å²) in [6.07, 6.45) is 0. The lowest BCUT2D eigenvalue weighted by Gasteiger charge is -2.28. The molecule has 0 spiro atoms. The van der Waals surface area contributed by atoms with E-state index in [1.807, 2.05) is 48.5 Å². The molecule has 1 heterocycles. The van der Waals surface area contributed by atoms with E-state index in [2.05, 4.69) is 0 Å². The molecular formula is C16H15ClO3. The third kappa shape index (κ3) is 2.29. The predicted octanol–water partition coefficient (Wildman–Crippen LogP) is 3.60. The fourth-order valence-corrected chi connectivity index (χ4v) is 2.62. The Hall–Kier alpha value is -1.55. The van der Waals surface area contributed by atoms with Crippen LogP contribution >= 0.6 is 11.6 Å². The molecule has 104 valence electrons. The van der Waals surface area contributed by atoms with Crippen molar-refractivity contribution in [3.63, 3.8) is 0 Å². The van der Waals surface area contributed by atoms with Crippen LogP contribution in [0, 0.1) is 0 Å². The van der Waals surface area contributed by atoms with Gasteiger partial charge in [0.25, 0.3) is 0 Å². The van der Waals surface area contributed by atoms with E-state index in [0.717, 1.165) is 16.9 Å². The molecule has 0 atom stereocenters. The fourth-order valence-electron chi connectivity index (χ4n) is 2.43. The van der Waals surface area contributed by atoms with Crippen molar-refractivity contribution in [2.45, 2.75) is 5.79 Å². The minimum Gasteiger partial charge on any atom is -0.497 e. The second-order valence-corrected chi connectivity index (χ2v) is 4.99. The molecule has 2 aromatic rings. The lowest BCUT2D eigenvalue weighted by atomic mass is 9.97. The van der Waals surface area contributed by atoms with Gasteiger partial charge in [0.15, 0.2) is 0 Å². The molecule has 3 nitrogen and oxygen atoms in total. The van der Waals surface area contributed by atoms with Crippen molar-refractivity contribution in [1.82, 2.24) is 0 Å². The van der Waals surface area contributed by atoms with Crippen LogP contribution in [0.15, 0.2) is 48.5 Å². The molecule has 0 aromatic heterocycles. The number of ether oxygens (including phenoxy) is 3. The Morgan fingerprint density at radius 1 is 1.00 bits per heavy atom. The van der Waals surface area contributed by atoms with E-state index in [1.165, 1.54) is 0 Å². The minimum atomic E-state index is -0.903. The van der Waals surface area contributed by atoms with Gasteiger partial charge in [-0.1, -0.05) is 35.9 Å². The van der Waals surface area contributed by atoms with Gasteiger partial charge in [0, 0.05) is 16.1 Å². The van der Waals surface area contributed by atoms with E-state index in [1.54, 1.807) is 7.11 Å². The van der Waals surface area contributed by atoms with Crippen molar-refractivity contribution in [2.75, 3.05) is 20.3 Å². The highest BCUT2D eigenvalue weighted by Crippen LogP contribution is 2.40. The van der Waals surface area contributed by atoms with E-state index in [4.69, 9.17) is 25.8 Å². The lowest BCUT2D eigenvalue weighted by molar-refractivity contribution is -0.130. The zero-order valence-corrected chi connectivity index (χ0v) is 11.9. The third-order valence-electron chi connectivity index (χ3n) is 3.35. The van der Waals surface area contributed by atoms with Crippen LogP contribution in [0.4, 0.5) is 0 Å². The fraction of sp³-hybridized carbons (Fsp3) is 0.250. The van der Waals surface area contributed by atoms with Gasteiger partial charge in [0.05, 0.1) is 20.3 Å². The van der Waals surface area contributed by atoms with Crippen LogP contribution in [-0.2, 0) is 15.3 Å². The summed E-state index contributed by atoms with van der Waals surface area (Å²) in [5, 5.41) is 0.656. The van der Waals surface area contributed by atoms with Crippen molar-refractivity contribution in [2.24, 2.45) is 0 Å². The first-order chi connectivity index (χ1) is 9.74. The minimum absolute atomic E-state index is 0.545. The van der Waals surface area contributed by atoms with Crippen LogP contribution in [0.25, 0.3) is 0 Å². The Morgan fingerprint density at radius 3 is 2.30 bits per heavy atom. The van der Waals surface area contributed by atoms with Crippen LogP contribution in [0.2, 0.25) is 5.02 Å². The Bertz CT molecular complexity index is 606. The molecule has 4 heteroatoms. The SMILES string of the molecule is COc1cccc(C2(c3cccc(Cl)c3)OCCO2)c1. The van der Waals surface area contributed by atoms with Crippen molar-refractivity contribution in [3.8, 4) is 5.75 Å². The molecule has 1 fully saturated rings. The summed E-state index contributed by atoms with van der Waals surface area (Å²) < 4.78 is 17.1. The molecule has 1 aliphatic rings. The summed E-state index contributed by atoms with van der Waals surface area (Å²) in [5.74, 6) is -0.137. The molecule has 0 unspecified atom stereocenters. The van der Waals surface area contributed by atoms with E-state index in [-0.39, 0.29) is 0 Å². The maximum absolute atomic E-state index is 6.10. The number of hydrogen-bond acceptors (Lipinski definition) is 3. The average molecular weight is 291 g/mol. The molecule has 2 aromatic carbocycles. The molecule has 0 amide bonds. The van der Waals surface area contributed by atoms with Gasteiger partial charge in [-0.05, 0) is 24.3 Å². The van der Waals surface area contributed by atoms with Crippen molar-refractivity contribution in [1.29, 1.82) is 0 Å². The smallest absolute Gasteiger partial charge is 0.222 e. The first-order valence-electron chi connectivity index (χ1n) is 6.43. The first kappa shape index (κ1) is 13.4. The second kappa shape index (κ2) is 5.44. The number of rotatable bonds is 3. The van der Waals surface area contributed by atoms with E-state index in [0.29, 0.717) is 18.2 Å². The molecule has 0 bridgehead atoms. The zero-order valence-electron chi connectivity index (χ0n) is 11.1. The summed E-state index contributed by atoms with van der Waals surface area (Å²) in [5.41, 5.74) is 1.78. The average Bonchev–Trinajstić information content (AvgIpc) is 2.98. The number of hydrogen-bond donors (Lipinski definition) is 0. The molecule has 1 saturated heterocycles. The van der Waals surface area contributed by atoms with Gasteiger partial charge in [-0.2, -0.15) is 0 Å². The quantitative estimate of drug-likeness (QED) is 0.864. The summed E-state index contributed by atoms with van der Waals surface area (Å²) in [4.78, 5) is 0. The van der Waals surface area contributed by atoms with Gasteiger partial charge < -0.3 is 14.2 Å². The monoisotopic (exact) mass is 290 g/mol. The maximum Gasteiger partial charge on any atom is 0.222 e. The number of benzene rings is 2. The summed E-state index contributed by atoms with van der Waals surface area (Å²) in [6, 6.07) is 15.3. The van der Waals surface area contributed by atoms with E-state index in [9.17, 15) is 0 Å². The van der Waals surface area contributed by atoms with Gasteiger partial charge >= 0.3 is 0 Å². The van der Waals surface area contributed by atoms with Gasteiger partial charge in [0.1, 0.15) is 5.75 Å². The third-order valence-corrected chi connectivity index (χ3v) is 3.58. The maximum atomic E-state index is 6.10. The molecule has 3 rings (SSSR count). The van der Waals surface area contributed by atoms with Gasteiger partial charge in [-0.3, -0.25) is 0 Å². The van der Waals surface area contributed by atoms with Crippen molar-refractivity contribution in [3.05, 3.63) is 64.7 Å². The van der Waals surface area contributed by atoms with E-state index < -0.39 is 5.79 Å². The molecular weight excluding hydrogens is 276 g/mol. The number of halogens is 1. The molecule has 0 N–H and O–H groups in total. The van der Waals surface area contributed by atoms with Crippen LogP contribution in [-0.4, -0.2) is 20.3 Å².